The average Bonchev–Trinajstić information content (AvgIpc) is 2.27. The second-order valence-corrected chi connectivity index (χ2v) is 5.65. The van der Waals surface area contributed by atoms with Gasteiger partial charge >= 0.3 is 0 Å². The normalized spacial score (nSPS) is 11.9. The molecule has 16 heavy (non-hydrogen) atoms. The molecule has 0 amide bonds. The third-order valence-electron chi connectivity index (χ3n) is 2.10. The van der Waals surface area contributed by atoms with Gasteiger partial charge in [-0.2, -0.15) is 17.0 Å². The predicted octanol–water partition coefficient (Wildman–Crippen LogP) is 3.87. The van der Waals surface area contributed by atoms with Crippen LogP contribution < -0.4 is 5.32 Å². The van der Waals surface area contributed by atoms with Crippen LogP contribution in [0, 0.1) is 11.3 Å². The van der Waals surface area contributed by atoms with E-state index in [0.29, 0.717) is 11.6 Å². The molecule has 1 rings (SSSR count). The zero-order chi connectivity index (χ0) is 12.0. The van der Waals surface area contributed by atoms with Crippen LogP contribution in [0.3, 0.4) is 0 Å². The first-order valence-electron chi connectivity index (χ1n) is 5.22. The molecule has 1 unspecified atom stereocenters. The molecule has 0 fully saturated rings. The average molecular weight is 299 g/mol. The Morgan fingerprint density at radius 3 is 2.94 bits per heavy atom. The molecule has 0 saturated heterocycles. The fourth-order valence-corrected chi connectivity index (χ4v) is 2.49. The van der Waals surface area contributed by atoms with Gasteiger partial charge in [-0.1, -0.05) is 13.0 Å². The lowest BCUT2D eigenvalue weighted by molar-refractivity contribution is 0.912. The summed E-state index contributed by atoms with van der Waals surface area (Å²) in [6.07, 6.45) is 0. The molecule has 86 valence electrons. The summed E-state index contributed by atoms with van der Waals surface area (Å²) in [5, 5.41) is 12.4. The van der Waals surface area contributed by atoms with E-state index in [9.17, 15) is 0 Å². The van der Waals surface area contributed by atoms with E-state index in [4.69, 9.17) is 5.26 Å². The summed E-state index contributed by atoms with van der Waals surface area (Å²) in [6.45, 7) is 4.28. The Labute approximate surface area is 110 Å². The second-order valence-electron chi connectivity index (χ2n) is 3.48. The van der Waals surface area contributed by atoms with Crippen molar-refractivity contribution in [3.63, 3.8) is 0 Å². The number of nitrogens with one attached hydrogen (secondary N) is 1. The van der Waals surface area contributed by atoms with Gasteiger partial charge in [0.25, 0.3) is 0 Å². The van der Waals surface area contributed by atoms with Crippen molar-refractivity contribution in [2.24, 2.45) is 0 Å². The first kappa shape index (κ1) is 13.4. The molecule has 0 aliphatic rings. The number of halogens is 1. The molecular formula is C12H15BrN2S. The van der Waals surface area contributed by atoms with Crippen LogP contribution in [0.15, 0.2) is 22.7 Å². The zero-order valence-electron chi connectivity index (χ0n) is 9.46. The van der Waals surface area contributed by atoms with Crippen molar-refractivity contribution in [1.82, 2.24) is 0 Å². The Morgan fingerprint density at radius 2 is 2.31 bits per heavy atom. The van der Waals surface area contributed by atoms with Crippen LogP contribution in [0.2, 0.25) is 0 Å². The maximum absolute atomic E-state index is 9.06. The van der Waals surface area contributed by atoms with Crippen molar-refractivity contribution in [3.05, 3.63) is 28.2 Å². The van der Waals surface area contributed by atoms with Crippen LogP contribution in [0.5, 0.6) is 0 Å². The first-order chi connectivity index (χ1) is 7.69. The minimum absolute atomic E-state index is 0.367. The third-order valence-corrected chi connectivity index (χ3v) is 3.90. The van der Waals surface area contributed by atoms with Gasteiger partial charge in [0.1, 0.15) is 6.07 Å². The van der Waals surface area contributed by atoms with E-state index < -0.39 is 0 Å². The standard InChI is InChI=1S/C12H15BrN2S/c1-3-16-8-9(2)15-12-6-4-5-11(13)10(12)7-14/h4-6,9,15H,3,8H2,1-2H3. The van der Waals surface area contributed by atoms with Gasteiger partial charge in [0.05, 0.1) is 11.3 Å². The summed E-state index contributed by atoms with van der Waals surface area (Å²) in [5.74, 6) is 2.17. The van der Waals surface area contributed by atoms with Crippen molar-refractivity contribution in [1.29, 1.82) is 5.26 Å². The molecule has 0 aromatic heterocycles. The van der Waals surface area contributed by atoms with Gasteiger partial charge in [0.2, 0.25) is 0 Å². The van der Waals surface area contributed by atoms with E-state index in [1.165, 1.54) is 0 Å². The maximum Gasteiger partial charge on any atom is 0.103 e. The van der Waals surface area contributed by atoms with E-state index in [2.05, 4.69) is 41.2 Å². The van der Waals surface area contributed by atoms with Gasteiger partial charge in [-0.25, -0.2) is 0 Å². The molecule has 1 atom stereocenters. The van der Waals surface area contributed by atoms with Crippen LogP contribution in [-0.2, 0) is 0 Å². The molecule has 0 bridgehead atoms. The van der Waals surface area contributed by atoms with Crippen molar-refractivity contribution in [2.45, 2.75) is 19.9 Å². The highest BCUT2D eigenvalue weighted by Gasteiger charge is 2.08. The fourth-order valence-electron chi connectivity index (χ4n) is 1.36. The van der Waals surface area contributed by atoms with Gasteiger partial charge < -0.3 is 5.32 Å². The number of benzene rings is 1. The third kappa shape index (κ3) is 3.73. The highest BCUT2D eigenvalue weighted by atomic mass is 79.9. The summed E-state index contributed by atoms with van der Waals surface area (Å²) in [4.78, 5) is 0. The van der Waals surface area contributed by atoms with E-state index in [-0.39, 0.29) is 0 Å². The smallest absolute Gasteiger partial charge is 0.103 e. The summed E-state index contributed by atoms with van der Waals surface area (Å²) >= 11 is 5.28. The molecule has 0 heterocycles. The summed E-state index contributed by atoms with van der Waals surface area (Å²) in [7, 11) is 0. The lowest BCUT2D eigenvalue weighted by Crippen LogP contribution is -2.18. The Kier molecular flexibility index (Phi) is 5.72. The molecule has 1 aromatic carbocycles. The number of rotatable bonds is 5. The van der Waals surface area contributed by atoms with Gasteiger partial charge in [-0.15, -0.1) is 0 Å². The van der Waals surface area contributed by atoms with Crippen molar-refractivity contribution in [2.75, 3.05) is 16.8 Å². The fraction of sp³-hybridized carbons (Fsp3) is 0.417. The quantitative estimate of drug-likeness (QED) is 0.896. The van der Waals surface area contributed by atoms with Gasteiger partial charge in [-0.3, -0.25) is 0 Å². The van der Waals surface area contributed by atoms with Crippen LogP contribution in [0.4, 0.5) is 5.69 Å². The Hall–Kier alpha value is -0.660. The van der Waals surface area contributed by atoms with Crippen molar-refractivity contribution >= 4 is 33.4 Å². The minimum atomic E-state index is 0.367. The number of hydrogen-bond donors (Lipinski definition) is 1. The van der Waals surface area contributed by atoms with Crippen LogP contribution >= 0.6 is 27.7 Å². The number of nitriles is 1. The molecule has 0 aliphatic carbocycles. The zero-order valence-corrected chi connectivity index (χ0v) is 11.9. The van der Waals surface area contributed by atoms with Crippen LogP contribution in [0.1, 0.15) is 19.4 Å². The Morgan fingerprint density at radius 1 is 1.56 bits per heavy atom. The molecule has 1 aromatic rings. The lowest BCUT2D eigenvalue weighted by Gasteiger charge is -2.16. The van der Waals surface area contributed by atoms with Gasteiger partial charge in [0, 0.05) is 16.3 Å². The molecule has 0 radical (unpaired) electrons. The highest BCUT2D eigenvalue weighted by molar-refractivity contribution is 9.10. The lowest BCUT2D eigenvalue weighted by atomic mass is 10.2. The van der Waals surface area contributed by atoms with E-state index >= 15 is 0 Å². The minimum Gasteiger partial charge on any atom is -0.381 e. The molecule has 0 aliphatic heterocycles. The number of thioether (sulfide) groups is 1. The molecule has 0 saturated carbocycles. The van der Waals surface area contributed by atoms with Crippen molar-refractivity contribution in [3.8, 4) is 6.07 Å². The van der Waals surface area contributed by atoms with Gasteiger partial charge in [-0.05, 0) is 40.7 Å². The SMILES string of the molecule is CCSCC(C)Nc1cccc(Br)c1C#N. The van der Waals surface area contributed by atoms with Crippen LogP contribution in [0.25, 0.3) is 0 Å². The van der Waals surface area contributed by atoms with E-state index in [1.807, 2.05) is 30.0 Å². The summed E-state index contributed by atoms with van der Waals surface area (Å²) in [6, 6.07) is 8.34. The maximum atomic E-state index is 9.06. The number of nitrogens with zero attached hydrogens (tertiary/aromatic N) is 1. The summed E-state index contributed by atoms with van der Waals surface area (Å²) in [5.41, 5.74) is 1.58. The largest absolute Gasteiger partial charge is 0.381 e. The van der Waals surface area contributed by atoms with Gasteiger partial charge in [0.15, 0.2) is 0 Å². The first-order valence-corrected chi connectivity index (χ1v) is 7.16. The highest BCUT2D eigenvalue weighted by Crippen LogP contribution is 2.24. The molecule has 2 nitrogen and oxygen atoms in total. The topological polar surface area (TPSA) is 35.8 Å². The molecular weight excluding hydrogens is 284 g/mol. The summed E-state index contributed by atoms with van der Waals surface area (Å²) < 4.78 is 0.843. The van der Waals surface area contributed by atoms with E-state index in [0.717, 1.165) is 21.7 Å². The monoisotopic (exact) mass is 298 g/mol. The Bertz CT molecular complexity index is 387. The van der Waals surface area contributed by atoms with Crippen molar-refractivity contribution < 1.29 is 0 Å². The second kappa shape index (κ2) is 6.82. The molecule has 4 heteroatoms. The number of anilines is 1. The van der Waals surface area contributed by atoms with E-state index in [1.54, 1.807) is 0 Å². The Balaban J connectivity index is 2.74. The predicted molar refractivity (Wildman–Crippen MR) is 74.9 cm³/mol. The molecule has 1 N–H and O–H groups in total. The number of hydrogen-bond acceptors (Lipinski definition) is 3. The molecule has 0 spiro atoms. The van der Waals surface area contributed by atoms with Crippen LogP contribution in [-0.4, -0.2) is 17.5 Å².